The van der Waals surface area contributed by atoms with Gasteiger partial charge in [0, 0.05) is 13.0 Å². The van der Waals surface area contributed by atoms with E-state index in [1.54, 1.807) is 7.11 Å². The van der Waals surface area contributed by atoms with E-state index in [0.29, 0.717) is 25.8 Å². The molecule has 0 aromatic heterocycles. The molecule has 1 atom stereocenters. The van der Waals surface area contributed by atoms with Gasteiger partial charge in [0.1, 0.15) is 11.8 Å². The van der Waals surface area contributed by atoms with E-state index in [1.165, 1.54) is 5.56 Å². The average molecular weight is 290 g/mol. The van der Waals surface area contributed by atoms with E-state index in [4.69, 9.17) is 4.74 Å². The minimum atomic E-state index is -0.374. The summed E-state index contributed by atoms with van der Waals surface area (Å²) >= 11 is 0. The van der Waals surface area contributed by atoms with Crippen molar-refractivity contribution in [1.82, 2.24) is 10.6 Å². The molecule has 2 rings (SSSR count). The molecule has 0 saturated carbocycles. The fourth-order valence-corrected chi connectivity index (χ4v) is 2.50. The molecule has 2 amide bonds. The Morgan fingerprint density at radius 1 is 1.48 bits per heavy atom. The molecule has 2 N–H and O–H groups in total. The zero-order valence-corrected chi connectivity index (χ0v) is 12.6. The largest absolute Gasteiger partial charge is 0.496 e. The Morgan fingerprint density at radius 2 is 2.29 bits per heavy atom. The third-order valence-electron chi connectivity index (χ3n) is 3.76. The molecule has 1 saturated heterocycles. The van der Waals surface area contributed by atoms with Crippen LogP contribution in [0.4, 0.5) is 0 Å². The average Bonchev–Trinajstić information content (AvgIpc) is 2.93. The van der Waals surface area contributed by atoms with Gasteiger partial charge in [0.15, 0.2) is 0 Å². The highest BCUT2D eigenvalue weighted by Crippen LogP contribution is 2.20. The fraction of sp³-hybridized carbons (Fsp3) is 0.500. The Morgan fingerprint density at radius 3 is 2.90 bits per heavy atom. The number of carbonyl (C=O) groups is 2. The van der Waals surface area contributed by atoms with Crippen LogP contribution in [0.2, 0.25) is 0 Å². The third-order valence-corrected chi connectivity index (χ3v) is 3.76. The zero-order chi connectivity index (χ0) is 15.2. The van der Waals surface area contributed by atoms with E-state index in [1.807, 2.05) is 6.07 Å². The van der Waals surface area contributed by atoms with Crippen molar-refractivity contribution in [3.63, 3.8) is 0 Å². The second-order valence-electron chi connectivity index (χ2n) is 5.20. The number of carbonyl (C=O) groups excluding carboxylic acids is 2. The van der Waals surface area contributed by atoms with Crippen LogP contribution >= 0.6 is 0 Å². The maximum absolute atomic E-state index is 11.9. The first-order chi connectivity index (χ1) is 10.1. The van der Waals surface area contributed by atoms with Crippen LogP contribution in [0.15, 0.2) is 18.2 Å². The van der Waals surface area contributed by atoms with Gasteiger partial charge in [0.2, 0.25) is 11.8 Å². The predicted molar refractivity (Wildman–Crippen MR) is 80.3 cm³/mol. The topological polar surface area (TPSA) is 67.4 Å². The monoisotopic (exact) mass is 290 g/mol. The molecule has 1 aromatic rings. The third kappa shape index (κ3) is 3.97. The number of rotatable bonds is 6. The summed E-state index contributed by atoms with van der Waals surface area (Å²) in [5.41, 5.74) is 2.34. The van der Waals surface area contributed by atoms with Crippen LogP contribution in [0.3, 0.4) is 0 Å². The number of hydrogen-bond acceptors (Lipinski definition) is 3. The van der Waals surface area contributed by atoms with Gasteiger partial charge in [-0.15, -0.1) is 0 Å². The fourth-order valence-electron chi connectivity index (χ4n) is 2.50. The van der Waals surface area contributed by atoms with Crippen molar-refractivity contribution >= 4 is 11.8 Å². The summed E-state index contributed by atoms with van der Waals surface area (Å²) in [4.78, 5) is 23.0. The number of methoxy groups -OCH3 is 1. The van der Waals surface area contributed by atoms with E-state index in [2.05, 4.69) is 29.7 Å². The quantitative estimate of drug-likeness (QED) is 0.827. The molecule has 1 aliphatic heterocycles. The van der Waals surface area contributed by atoms with Crippen LogP contribution in [0.1, 0.15) is 30.9 Å². The summed E-state index contributed by atoms with van der Waals surface area (Å²) in [5.74, 6) is 0.689. The summed E-state index contributed by atoms with van der Waals surface area (Å²) in [6, 6.07) is 5.76. The lowest BCUT2D eigenvalue weighted by molar-refractivity contribution is -0.125. The Balaban J connectivity index is 1.88. The number of amides is 2. The van der Waals surface area contributed by atoms with Gasteiger partial charge >= 0.3 is 0 Å². The van der Waals surface area contributed by atoms with Crippen molar-refractivity contribution in [2.75, 3.05) is 13.7 Å². The number of ether oxygens (including phenoxy) is 1. The zero-order valence-electron chi connectivity index (χ0n) is 12.6. The van der Waals surface area contributed by atoms with Crippen molar-refractivity contribution in [3.8, 4) is 5.75 Å². The highest BCUT2D eigenvalue weighted by molar-refractivity contribution is 5.90. The van der Waals surface area contributed by atoms with Crippen LogP contribution in [-0.4, -0.2) is 31.5 Å². The lowest BCUT2D eigenvalue weighted by atomic mass is 10.1. The van der Waals surface area contributed by atoms with Gasteiger partial charge in [0.05, 0.1) is 7.11 Å². The van der Waals surface area contributed by atoms with E-state index in [-0.39, 0.29) is 17.9 Å². The number of aryl methyl sites for hydroxylation is 1. The first-order valence-corrected chi connectivity index (χ1v) is 7.37. The molecule has 1 aliphatic rings. The SMILES string of the molecule is CCc1ccc(OC)c(CCNC(=O)C2CCC(=O)N2)c1. The maximum atomic E-state index is 11.9. The second kappa shape index (κ2) is 7.11. The van der Waals surface area contributed by atoms with Gasteiger partial charge in [-0.25, -0.2) is 0 Å². The van der Waals surface area contributed by atoms with Crippen molar-refractivity contribution in [1.29, 1.82) is 0 Å². The summed E-state index contributed by atoms with van der Waals surface area (Å²) in [6.45, 7) is 2.64. The van der Waals surface area contributed by atoms with Crippen LogP contribution in [0.5, 0.6) is 5.75 Å². The first-order valence-electron chi connectivity index (χ1n) is 7.37. The van der Waals surface area contributed by atoms with E-state index >= 15 is 0 Å². The van der Waals surface area contributed by atoms with Gasteiger partial charge in [-0.3, -0.25) is 9.59 Å². The molecule has 1 aromatic carbocycles. The normalized spacial score (nSPS) is 17.4. The number of hydrogen-bond donors (Lipinski definition) is 2. The first kappa shape index (κ1) is 15.4. The Hall–Kier alpha value is -2.04. The van der Waals surface area contributed by atoms with Gasteiger partial charge in [-0.1, -0.05) is 19.1 Å². The predicted octanol–water partition coefficient (Wildman–Crippen LogP) is 1.19. The molecule has 1 heterocycles. The molecule has 0 spiro atoms. The minimum absolute atomic E-state index is 0.0486. The maximum Gasteiger partial charge on any atom is 0.242 e. The van der Waals surface area contributed by atoms with Gasteiger partial charge < -0.3 is 15.4 Å². The Kier molecular flexibility index (Phi) is 5.20. The highest BCUT2D eigenvalue weighted by atomic mass is 16.5. The van der Waals surface area contributed by atoms with Crippen molar-refractivity contribution < 1.29 is 14.3 Å². The van der Waals surface area contributed by atoms with Gasteiger partial charge in [-0.05, 0) is 36.5 Å². The van der Waals surface area contributed by atoms with Crippen molar-refractivity contribution in [2.45, 2.75) is 38.6 Å². The number of benzene rings is 1. The molecular weight excluding hydrogens is 268 g/mol. The van der Waals surface area contributed by atoms with E-state index in [0.717, 1.165) is 17.7 Å². The molecule has 0 radical (unpaired) electrons. The van der Waals surface area contributed by atoms with Crippen molar-refractivity contribution in [2.24, 2.45) is 0 Å². The summed E-state index contributed by atoms with van der Waals surface area (Å²) in [7, 11) is 1.65. The van der Waals surface area contributed by atoms with Crippen LogP contribution in [-0.2, 0) is 22.4 Å². The standard InChI is InChI=1S/C16H22N2O3/c1-3-11-4-6-14(21-2)12(10-11)8-9-17-16(20)13-5-7-15(19)18-13/h4,6,10,13H,3,5,7-9H2,1-2H3,(H,17,20)(H,18,19). The van der Waals surface area contributed by atoms with Crippen LogP contribution < -0.4 is 15.4 Å². The molecule has 0 bridgehead atoms. The molecule has 114 valence electrons. The highest BCUT2D eigenvalue weighted by Gasteiger charge is 2.26. The summed E-state index contributed by atoms with van der Waals surface area (Å²) in [6.07, 6.45) is 2.70. The lowest BCUT2D eigenvalue weighted by Crippen LogP contribution is -2.42. The molecular formula is C16H22N2O3. The lowest BCUT2D eigenvalue weighted by Gasteiger charge is -2.13. The molecule has 1 unspecified atom stereocenters. The van der Waals surface area contributed by atoms with Gasteiger partial charge in [0.25, 0.3) is 0 Å². The van der Waals surface area contributed by atoms with Crippen LogP contribution in [0, 0.1) is 0 Å². The smallest absolute Gasteiger partial charge is 0.242 e. The van der Waals surface area contributed by atoms with Gasteiger partial charge in [-0.2, -0.15) is 0 Å². The van der Waals surface area contributed by atoms with E-state index < -0.39 is 0 Å². The number of nitrogens with one attached hydrogen (secondary N) is 2. The minimum Gasteiger partial charge on any atom is -0.496 e. The molecule has 5 heteroatoms. The second-order valence-corrected chi connectivity index (χ2v) is 5.20. The summed E-state index contributed by atoms with van der Waals surface area (Å²) < 4.78 is 5.35. The molecule has 5 nitrogen and oxygen atoms in total. The Labute approximate surface area is 125 Å². The van der Waals surface area contributed by atoms with E-state index in [9.17, 15) is 9.59 Å². The Bertz CT molecular complexity index is 528. The molecule has 1 fully saturated rings. The van der Waals surface area contributed by atoms with Crippen LogP contribution in [0.25, 0.3) is 0 Å². The molecule has 0 aliphatic carbocycles. The van der Waals surface area contributed by atoms with Crippen molar-refractivity contribution in [3.05, 3.63) is 29.3 Å². The molecule has 21 heavy (non-hydrogen) atoms. The summed E-state index contributed by atoms with van der Waals surface area (Å²) in [5, 5.41) is 5.54.